The molecule has 11 rings (SSSR count). The Labute approximate surface area is 414 Å². The molecule has 3 fully saturated rings. The van der Waals surface area contributed by atoms with E-state index in [0.717, 1.165) is 86.4 Å². The number of fused-ring (bicyclic) bond motifs is 6. The number of H-pyrrole nitrogens is 2. The Kier molecular flexibility index (Phi) is 12.5. The monoisotopic (exact) mass is 979 g/mol. The SMILES string of the molecule is COC(=O)N[C@H](C(=O)N1CCC[C@H]1c1ncc(-c2ccc3c(c2)OC(c2cc4ccccc4s2)n2c-3cc3cc(-c4cnc([C@@H]5CCCN5C(=O)[C@@H](NC(=O)OC)C5CCOCC5)[nH]4)ccc32)[nH]1)C(C)C. The van der Waals surface area contributed by atoms with Gasteiger partial charge in [-0.25, -0.2) is 19.6 Å². The number of hydrogen-bond acceptors (Lipinski definition) is 11. The first-order chi connectivity index (χ1) is 34.6. The van der Waals surface area contributed by atoms with Crippen LogP contribution < -0.4 is 15.4 Å². The zero-order chi connectivity index (χ0) is 48.9. The van der Waals surface area contributed by atoms with Crippen molar-refractivity contribution in [3.63, 3.8) is 0 Å². The fraction of sp³-hybridized carbons (Fsp3) is 0.396. The lowest BCUT2D eigenvalue weighted by Gasteiger charge is -2.34. The van der Waals surface area contributed by atoms with Crippen LogP contribution in [0.15, 0.2) is 85.2 Å². The van der Waals surface area contributed by atoms with Crippen molar-refractivity contribution < 1.29 is 38.1 Å². The number of ether oxygens (including phenoxy) is 4. The number of carbonyl (C=O) groups is 4. The fourth-order valence-electron chi connectivity index (χ4n) is 11.0. The highest BCUT2D eigenvalue weighted by atomic mass is 32.1. The zero-order valence-electron chi connectivity index (χ0n) is 40.1. The number of nitrogens with one attached hydrogen (secondary N) is 4. The van der Waals surface area contributed by atoms with E-state index in [0.29, 0.717) is 50.8 Å². The molecule has 17 nitrogen and oxygen atoms in total. The van der Waals surface area contributed by atoms with Gasteiger partial charge >= 0.3 is 12.2 Å². The van der Waals surface area contributed by atoms with Gasteiger partial charge in [0.2, 0.25) is 18.0 Å². The third-order valence-corrected chi connectivity index (χ3v) is 15.8. The molecule has 7 aromatic rings. The van der Waals surface area contributed by atoms with Crippen LogP contribution in [0.2, 0.25) is 0 Å². The predicted octanol–water partition coefficient (Wildman–Crippen LogP) is 9.10. The first-order valence-corrected chi connectivity index (χ1v) is 25.3. The molecule has 4 aliphatic heterocycles. The minimum Gasteiger partial charge on any atom is -0.464 e. The molecule has 5 atom stereocenters. The number of imidazole rings is 2. The molecule has 4 amide bonds. The zero-order valence-corrected chi connectivity index (χ0v) is 40.9. The highest BCUT2D eigenvalue weighted by Gasteiger charge is 2.41. The highest BCUT2D eigenvalue weighted by molar-refractivity contribution is 7.19. The molecule has 18 heteroatoms. The Balaban J connectivity index is 0.895. The molecule has 4 aliphatic rings. The van der Waals surface area contributed by atoms with Crippen molar-refractivity contribution in [2.75, 3.05) is 40.5 Å². The molecule has 0 spiro atoms. The van der Waals surface area contributed by atoms with E-state index in [1.165, 1.54) is 18.9 Å². The highest BCUT2D eigenvalue weighted by Crippen LogP contribution is 2.48. The maximum Gasteiger partial charge on any atom is 0.407 e. The van der Waals surface area contributed by atoms with Crippen LogP contribution in [0.4, 0.5) is 9.59 Å². The summed E-state index contributed by atoms with van der Waals surface area (Å²) in [6.45, 7) is 6.03. The Morgan fingerprint density at radius 3 is 2.07 bits per heavy atom. The van der Waals surface area contributed by atoms with E-state index in [1.54, 1.807) is 11.3 Å². The summed E-state index contributed by atoms with van der Waals surface area (Å²) < 4.78 is 25.9. The van der Waals surface area contributed by atoms with Crippen LogP contribution in [0.1, 0.15) is 87.2 Å². The molecule has 368 valence electrons. The van der Waals surface area contributed by atoms with Gasteiger partial charge < -0.3 is 49.3 Å². The molecule has 4 N–H and O–H groups in total. The second kappa shape index (κ2) is 19.2. The van der Waals surface area contributed by atoms with E-state index >= 15 is 0 Å². The number of likely N-dealkylation sites (tertiary alicyclic amines) is 2. The van der Waals surface area contributed by atoms with Crippen molar-refractivity contribution in [3.05, 3.63) is 102 Å². The van der Waals surface area contributed by atoms with Crippen LogP contribution in [0, 0.1) is 11.8 Å². The van der Waals surface area contributed by atoms with Gasteiger partial charge in [-0.2, -0.15) is 0 Å². The van der Waals surface area contributed by atoms with Gasteiger partial charge in [0, 0.05) is 53.1 Å². The second-order valence-electron chi connectivity index (χ2n) is 19.2. The number of aromatic nitrogens is 5. The topological polar surface area (TPSA) is 198 Å². The number of rotatable bonds is 11. The number of methoxy groups -OCH3 is 2. The number of alkyl carbamates (subject to hydrolysis) is 2. The van der Waals surface area contributed by atoms with Crippen molar-refractivity contribution in [1.29, 1.82) is 0 Å². The maximum absolute atomic E-state index is 14.2. The van der Waals surface area contributed by atoms with Crippen molar-refractivity contribution in [2.45, 2.75) is 82.8 Å². The number of thiophene rings is 1. The number of nitrogens with zero attached hydrogens (tertiary/aromatic N) is 5. The lowest BCUT2D eigenvalue weighted by molar-refractivity contribution is -0.137. The minimum absolute atomic E-state index is 0.0530. The first kappa shape index (κ1) is 46.2. The van der Waals surface area contributed by atoms with Gasteiger partial charge in [0.15, 0.2) is 0 Å². The van der Waals surface area contributed by atoms with Gasteiger partial charge in [0.25, 0.3) is 0 Å². The summed E-state index contributed by atoms with van der Waals surface area (Å²) in [5, 5.41) is 7.75. The van der Waals surface area contributed by atoms with Gasteiger partial charge in [-0.3, -0.25) is 14.2 Å². The van der Waals surface area contributed by atoms with E-state index in [1.807, 2.05) is 36.0 Å². The molecule has 0 bridgehead atoms. The molecular weight excluding hydrogens is 923 g/mol. The third kappa shape index (κ3) is 8.66. The minimum atomic E-state index is -0.725. The van der Waals surface area contributed by atoms with Crippen LogP contribution in [0.3, 0.4) is 0 Å². The van der Waals surface area contributed by atoms with Crippen LogP contribution >= 0.6 is 11.3 Å². The molecule has 3 saturated heterocycles. The number of amides is 4. The smallest absolute Gasteiger partial charge is 0.407 e. The van der Waals surface area contributed by atoms with Crippen LogP contribution in [-0.2, 0) is 23.8 Å². The molecule has 71 heavy (non-hydrogen) atoms. The normalized spacial score (nSPS) is 19.9. The van der Waals surface area contributed by atoms with E-state index in [2.05, 4.69) is 98.0 Å². The van der Waals surface area contributed by atoms with Gasteiger partial charge in [-0.15, -0.1) is 11.3 Å². The molecule has 0 aliphatic carbocycles. The average Bonchev–Trinajstić information content (AvgIpc) is 4.26. The largest absolute Gasteiger partial charge is 0.464 e. The summed E-state index contributed by atoms with van der Waals surface area (Å²) in [6, 6.07) is 23.5. The van der Waals surface area contributed by atoms with Gasteiger partial charge in [0.1, 0.15) is 29.5 Å². The average molecular weight is 980 g/mol. The fourth-order valence-corrected chi connectivity index (χ4v) is 12.0. The van der Waals surface area contributed by atoms with Gasteiger partial charge in [-0.05, 0) is 98.2 Å². The summed E-state index contributed by atoms with van der Waals surface area (Å²) in [4.78, 5) is 74.2. The van der Waals surface area contributed by atoms with Crippen LogP contribution in [0.5, 0.6) is 5.75 Å². The summed E-state index contributed by atoms with van der Waals surface area (Å²) in [5.74, 6) is 1.65. The first-order valence-electron chi connectivity index (χ1n) is 24.5. The third-order valence-electron chi connectivity index (χ3n) is 14.6. The lowest BCUT2D eigenvalue weighted by Crippen LogP contribution is -2.53. The molecule has 3 aromatic carbocycles. The number of carbonyl (C=O) groups excluding carboxylic acids is 4. The molecule has 4 aromatic heterocycles. The molecule has 1 unspecified atom stereocenters. The Morgan fingerprint density at radius 2 is 1.39 bits per heavy atom. The second-order valence-corrected chi connectivity index (χ2v) is 20.3. The van der Waals surface area contributed by atoms with Crippen LogP contribution in [-0.4, -0.2) is 111 Å². The number of aromatic amines is 2. The van der Waals surface area contributed by atoms with Crippen LogP contribution in [0.25, 0.3) is 54.8 Å². The van der Waals surface area contributed by atoms with Crippen molar-refractivity contribution in [1.82, 2.24) is 44.9 Å². The van der Waals surface area contributed by atoms with E-state index in [-0.39, 0.29) is 35.7 Å². The molecule has 8 heterocycles. The quantitative estimate of drug-likeness (QED) is 0.0970. The van der Waals surface area contributed by atoms with Gasteiger partial charge in [-0.1, -0.05) is 44.2 Å². The van der Waals surface area contributed by atoms with Gasteiger partial charge in [0.05, 0.1) is 66.2 Å². The molecule has 0 radical (unpaired) electrons. The number of benzene rings is 3. The predicted molar refractivity (Wildman–Crippen MR) is 268 cm³/mol. The van der Waals surface area contributed by atoms with E-state index < -0.39 is 30.5 Å². The van der Waals surface area contributed by atoms with Crippen molar-refractivity contribution in [3.8, 4) is 39.5 Å². The summed E-state index contributed by atoms with van der Waals surface area (Å²) >= 11 is 1.71. The summed E-state index contributed by atoms with van der Waals surface area (Å²) in [5.41, 5.74) is 6.46. The Morgan fingerprint density at radius 1 is 0.746 bits per heavy atom. The molecule has 0 saturated carbocycles. The van der Waals surface area contributed by atoms with E-state index in [9.17, 15) is 19.2 Å². The number of hydrogen-bond donors (Lipinski definition) is 4. The van der Waals surface area contributed by atoms with Crippen molar-refractivity contribution in [2.24, 2.45) is 11.8 Å². The Bertz CT molecular complexity index is 3120. The summed E-state index contributed by atoms with van der Waals surface area (Å²) in [7, 11) is 2.60. The maximum atomic E-state index is 14.2. The van der Waals surface area contributed by atoms with E-state index in [4.69, 9.17) is 28.9 Å². The Hall–Kier alpha value is -7.18. The lowest BCUT2D eigenvalue weighted by atomic mass is 9.90. The summed E-state index contributed by atoms with van der Waals surface area (Å²) in [6.07, 6.45) is 6.42. The van der Waals surface area contributed by atoms with Crippen molar-refractivity contribution >= 4 is 56.3 Å². The molecular formula is C53H57N9O8S. The standard InChI is InChI=1S/C53H57N9O8S/c1-29(2)45(58-52(65)67-3)49(63)60-19-7-10-39(60)47-55-28-37(57-47)32-13-15-35-41-24-34-23-31(14-16-38(34)62(41)51(70-42(35)25-32)44-26-33-9-5-6-12-43(33)71-44)36-27-54-48(56-36)40-11-8-20-61(40)50(64)46(59-53(66)68-4)30-17-21-69-22-18-30/h5-6,9,12-16,23-30,39-40,45-46,51H,7-8,10-11,17-22H2,1-4H3,(H,54,56)(H,55,57)(H,58,65)(H,59,66)/t39-,40-,45-,46-,51?/m0/s1.